The van der Waals surface area contributed by atoms with Gasteiger partial charge in [-0.25, -0.2) is 0 Å². The van der Waals surface area contributed by atoms with Crippen LogP contribution in [0, 0.1) is 20.8 Å². The summed E-state index contributed by atoms with van der Waals surface area (Å²) >= 11 is 0. The van der Waals surface area contributed by atoms with Crippen LogP contribution in [0.5, 0.6) is 0 Å². The largest absolute Gasteiger partial charge is 0.387 e. The summed E-state index contributed by atoms with van der Waals surface area (Å²) < 4.78 is 0. The Hall–Kier alpha value is -1.80. The Morgan fingerprint density at radius 2 is 1.53 bits per heavy atom. The summed E-state index contributed by atoms with van der Waals surface area (Å²) in [5.41, 5.74) is 5.68. The smallest absolute Gasteiger partial charge is 0.0962 e. The first-order valence-corrected chi connectivity index (χ1v) is 6.62. The zero-order chi connectivity index (χ0) is 13.8. The molecule has 0 saturated heterocycles. The zero-order valence-corrected chi connectivity index (χ0v) is 11.8. The van der Waals surface area contributed by atoms with E-state index in [4.69, 9.17) is 0 Å². The van der Waals surface area contributed by atoms with Gasteiger partial charge < -0.3 is 10.4 Å². The van der Waals surface area contributed by atoms with Gasteiger partial charge in [0.05, 0.1) is 6.10 Å². The predicted molar refractivity (Wildman–Crippen MR) is 80.5 cm³/mol. The van der Waals surface area contributed by atoms with E-state index in [1.807, 2.05) is 37.3 Å². The van der Waals surface area contributed by atoms with E-state index in [1.54, 1.807) is 0 Å². The highest BCUT2D eigenvalue weighted by molar-refractivity contribution is 5.56. The third-order valence-electron chi connectivity index (χ3n) is 3.42. The van der Waals surface area contributed by atoms with Crippen molar-refractivity contribution in [3.05, 3.63) is 64.7 Å². The number of aliphatic hydroxyl groups is 1. The van der Waals surface area contributed by atoms with Crippen LogP contribution in [0.4, 0.5) is 5.69 Å². The molecule has 0 heterocycles. The molecule has 0 fully saturated rings. The Morgan fingerprint density at radius 3 is 2.11 bits per heavy atom. The van der Waals surface area contributed by atoms with Crippen molar-refractivity contribution < 1.29 is 5.11 Å². The maximum Gasteiger partial charge on any atom is 0.0962 e. The lowest BCUT2D eigenvalue weighted by Crippen LogP contribution is -2.13. The van der Waals surface area contributed by atoms with Crippen molar-refractivity contribution in [3.63, 3.8) is 0 Å². The molecule has 2 nitrogen and oxygen atoms in total. The third kappa shape index (κ3) is 3.36. The van der Waals surface area contributed by atoms with Crippen molar-refractivity contribution in [2.45, 2.75) is 26.9 Å². The monoisotopic (exact) mass is 255 g/mol. The number of rotatable bonds is 4. The van der Waals surface area contributed by atoms with Gasteiger partial charge in [-0.2, -0.15) is 0 Å². The third-order valence-corrected chi connectivity index (χ3v) is 3.42. The first-order chi connectivity index (χ1) is 9.08. The molecule has 0 amide bonds. The number of nitrogens with one attached hydrogen (secondary N) is 1. The number of hydrogen-bond donors (Lipinski definition) is 2. The van der Waals surface area contributed by atoms with Crippen molar-refractivity contribution in [2.75, 3.05) is 11.9 Å². The van der Waals surface area contributed by atoms with Crippen LogP contribution in [0.15, 0.2) is 42.5 Å². The number of aryl methyl sites for hydroxylation is 3. The Morgan fingerprint density at radius 1 is 0.947 bits per heavy atom. The molecule has 0 aliphatic carbocycles. The van der Waals surface area contributed by atoms with Crippen LogP contribution in [0.2, 0.25) is 0 Å². The highest BCUT2D eigenvalue weighted by Crippen LogP contribution is 2.21. The van der Waals surface area contributed by atoms with Crippen molar-refractivity contribution >= 4 is 5.69 Å². The molecule has 2 rings (SSSR count). The molecule has 2 N–H and O–H groups in total. The second-order valence-electron chi connectivity index (χ2n) is 5.07. The molecule has 1 unspecified atom stereocenters. The number of aliphatic hydroxyl groups excluding tert-OH is 1. The Balaban J connectivity index is 2.04. The standard InChI is InChI=1S/C17H21NO/c1-12-7-9-15(10-8-12)16(19)11-18-17-13(2)5-4-6-14(17)3/h4-10,16,18-19H,11H2,1-3H3. The molecular formula is C17H21NO. The number of benzene rings is 2. The minimum atomic E-state index is -0.486. The van der Waals surface area contributed by atoms with Gasteiger partial charge in [-0.05, 0) is 37.5 Å². The molecule has 2 aromatic rings. The fourth-order valence-corrected chi connectivity index (χ4v) is 2.20. The average Bonchev–Trinajstić information content (AvgIpc) is 2.38. The van der Waals surface area contributed by atoms with Crippen LogP contribution in [0.3, 0.4) is 0 Å². The maximum absolute atomic E-state index is 10.2. The first-order valence-electron chi connectivity index (χ1n) is 6.62. The van der Waals surface area contributed by atoms with Gasteiger partial charge in [-0.15, -0.1) is 0 Å². The molecule has 100 valence electrons. The number of hydrogen-bond acceptors (Lipinski definition) is 2. The molecule has 2 aromatic carbocycles. The minimum Gasteiger partial charge on any atom is -0.387 e. The van der Waals surface area contributed by atoms with E-state index in [0.717, 1.165) is 11.3 Å². The molecule has 2 heteroatoms. The van der Waals surface area contributed by atoms with Crippen molar-refractivity contribution in [1.29, 1.82) is 0 Å². The van der Waals surface area contributed by atoms with Crippen LogP contribution in [-0.2, 0) is 0 Å². The highest BCUT2D eigenvalue weighted by atomic mass is 16.3. The number of para-hydroxylation sites is 1. The summed E-state index contributed by atoms with van der Waals surface area (Å²) in [6.45, 7) is 6.72. The SMILES string of the molecule is Cc1ccc(C(O)CNc2c(C)cccc2C)cc1. The van der Waals surface area contributed by atoms with E-state index in [0.29, 0.717) is 6.54 Å². The topological polar surface area (TPSA) is 32.3 Å². The van der Waals surface area contributed by atoms with E-state index in [-0.39, 0.29) is 0 Å². The molecule has 0 aromatic heterocycles. The highest BCUT2D eigenvalue weighted by Gasteiger charge is 2.08. The molecule has 1 atom stereocenters. The minimum absolute atomic E-state index is 0.486. The van der Waals surface area contributed by atoms with Gasteiger partial charge in [0.15, 0.2) is 0 Å². The summed E-state index contributed by atoms with van der Waals surface area (Å²) in [5.74, 6) is 0. The molecule has 0 spiro atoms. The van der Waals surface area contributed by atoms with Gasteiger partial charge in [0.25, 0.3) is 0 Å². The van der Waals surface area contributed by atoms with E-state index < -0.39 is 6.10 Å². The van der Waals surface area contributed by atoms with Gasteiger partial charge in [-0.1, -0.05) is 48.0 Å². The van der Waals surface area contributed by atoms with Crippen LogP contribution >= 0.6 is 0 Å². The molecule has 0 bridgehead atoms. The maximum atomic E-state index is 10.2. The van der Waals surface area contributed by atoms with Crippen LogP contribution in [0.25, 0.3) is 0 Å². The van der Waals surface area contributed by atoms with Gasteiger partial charge >= 0.3 is 0 Å². The zero-order valence-electron chi connectivity index (χ0n) is 11.8. The van der Waals surface area contributed by atoms with Crippen molar-refractivity contribution in [1.82, 2.24) is 0 Å². The van der Waals surface area contributed by atoms with Gasteiger partial charge in [-0.3, -0.25) is 0 Å². The molecule has 0 saturated carbocycles. The van der Waals surface area contributed by atoms with Gasteiger partial charge in [0, 0.05) is 12.2 Å². The fourth-order valence-electron chi connectivity index (χ4n) is 2.20. The van der Waals surface area contributed by atoms with Crippen molar-refractivity contribution in [2.24, 2.45) is 0 Å². The van der Waals surface area contributed by atoms with E-state index in [2.05, 4.69) is 31.3 Å². The quantitative estimate of drug-likeness (QED) is 0.872. The van der Waals surface area contributed by atoms with E-state index in [1.165, 1.54) is 16.7 Å². The lowest BCUT2D eigenvalue weighted by molar-refractivity contribution is 0.191. The number of anilines is 1. The summed E-state index contributed by atoms with van der Waals surface area (Å²) in [5, 5.41) is 13.5. The Labute approximate surface area is 115 Å². The Bertz CT molecular complexity index is 525. The second-order valence-corrected chi connectivity index (χ2v) is 5.07. The fraction of sp³-hybridized carbons (Fsp3) is 0.294. The van der Waals surface area contributed by atoms with Gasteiger partial charge in [0.1, 0.15) is 0 Å². The van der Waals surface area contributed by atoms with Crippen molar-refractivity contribution in [3.8, 4) is 0 Å². The molecule has 19 heavy (non-hydrogen) atoms. The first kappa shape index (κ1) is 13.6. The molecule has 0 aliphatic rings. The lowest BCUT2D eigenvalue weighted by atomic mass is 10.1. The summed E-state index contributed by atoms with van der Waals surface area (Å²) in [6, 6.07) is 14.2. The summed E-state index contributed by atoms with van der Waals surface area (Å²) in [4.78, 5) is 0. The van der Waals surface area contributed by atoms with Crippen LogP contribution in [0.1, 0.15) is 28.4 Å². The van der Waals surface area contributed by atoms with Crippen LogP contribution in [-0.4, -0.2) is 11.7 Å². The molecular weight excluding hydrogens is 234 g/mol. The summed E-state index contributed by atoms with van der Waals surface area (Å²) in [7, 11) is 0. The van der Waals surface area contributed by atoms with E-state index >= 15 is 0 Å². The molecule has 0 radical (unpaired) electrons. The average molecular weight is 255 g/mol. The van der Waals surface area contributed by atoms with E-state index in [9.17, 15) is 5.11 Å². The second kappa shape index (κ2) is 5.89. The lowest BCUT2D eigenvalue weighted by Gasteiger charge is -2.16. The summed E-state index contributed by atoms with van der Waals surface area (Å²) in [6.07, 6.45) is -0.486. The normalized spacial score (nSPS) is 12.2. The van der Waals surface area contributed by atoms with Crippen LogP contribution < -0.4 is 5.32 Å². The predicted octanol–water partition coefficient (Wildman–Crippen LogP) is 3.76. The van der Waals surface area contributed by atoms with Gasteiger partial charge in [0.2, 0.25) is 0 Å². The molecule has 0 aliphatic heterocycles. The Kier molecular flexibility index (Phi) is 4.23.